The van der Waals surface area contributed by atoms with Crippen molar-refractivity contribution in [3.63, 3.8) is 0 Å². The topological polar surface area (TPSA) is 143 Å². The van der Waals surface area contributed by atoms with Crippen LogP contribution in [0.25, 0.3) is 21.9 Å². The first-order valence-electron chi connectivity index (χ1n) is 11.3. The lowest BCUT2D eigenvalue weighted by atomic mass is 10.2. The summed E-state index contributed by atoms with van der Waals surface area (Å²) in [4.78, 5) is 11.0. The molecule has 2 aromatic heterocycles. The molecule has 3 heterocycles. The quantitative estimate of drug-likeness (QED) is 0.311. The second kappa shape index (κ2) is 14.4. The molecule has 0 saturated carbocycles. The highest BCUT2D eigenvalue weighted by atomic mass is 16.8. The van der Waals surface area contributed by atoms with Gasteiger partial charge in [0.25, 0.3) is 5.79 Å². The summed E-state index contributed by atoms with van der Waals surface area (Å²) < 4.78 is 21.7. The highest BCUT2D eigenvalue weighted by Crippen LogP contribution is 2.34. The molecule has 0 aliphatic carbocycles. The maximum Gasteiger partial charge on any atom is 0.252 e. The molecular weight excluding hydrogens is 456 g/mol. The normalized spacial score (nSPS) is 13.8. The van der Waals surface area contributed by atoms with Gasteiger partial charge in [-0.2, -0.15) is 0 Å². The van der Waals surface area contributed by atoms with Crippen molar-refractivity contribution in [3.8, 4) is 0 Å². The molecule has 0 amide bonds. The average molecular weight is 489 g/mol. The van der Waals surface area contributed by atoms with Gasteiger partial charge in [-0.1, -0.05) is 50.2 Å². The Kier molecular flexibility index (Phi) is 11.6. The van der Waals surface area contributed by atoms with E-state index in [2.05, 4.69) is 0 Å². The number of furan rings is 2. The summed E-state index contributed by atoms with van der Waals surface area (Å²) in [5.41, 5.74) is 1.43. The van der Waals surface area contributed by atoms with Gasteiger partial charge in [0, 0.05) is 10.8 Å². The minimum absolute atomic E-state index is 0.125. The highest BCUT2D eigenvalue weighted by Gasteiger charge is 2.41. The Morgan fingerprint density at radius 2 is 1.31 bits per heavy atom. The number of para-hydroxylation sites is 2. The molecule has 9 heteroatoms. The Hall–Kier alpha value is -3.05. The van der Waals surface area contributed by atoms with Crippen LogP contribution in [0.1, 0.15) is 30.2 Å². The lowest BCUT2D eigenvalue weighted by Crippen LogP contribution is -2.30. The summed E-state index contributed by atoms with van der Waals surface area (Å²) in [5.74, 6) is -0.771. The van der Waals surface area contributed by atoms with E-state index >= 15 is 0 Å². The number of hydrogen-bond donors (Lipinski definition) is 4. The van der Waals surface area contributed by atoms with Crippen LogP contribution < -0.4 is 0 Å². The number of fused-ring (bicyclic) bond motifs is 2. The Labute approximate surface area is 203 Å². The molecule has 0 radical (unpaired) electrons. The molecule has 2 aromatic carbocycles. The van der Waals surface area contributed by atoms with Gasteiger partial charge >= 0.3 is 0 Å². The first-order chi connectivity index (χ1) is 17.1. The molecule has 0 unspecified atom stereocenters. The van der Waals surface area contributed by atoms with Crippen molar-refractivity contribution in [2.75, 3.05) is 39.6 Å². The average Bonchev–Trinajstić information content (AvgIpc) is 3.68. The molecule has 1 saturated heterocycles. The van der Waals surface area contributed by atoms with Crippen molar-refractivity contribution in [1.82, 2.24) is 0 Å². The predicted octanol–water partition coefficient (Wildman–Crippen LogP) is 3.23. The molecule has 1 aliphatic rings. The van der Waals surface area contributed by atoms with Crippen LogP contribution >= 0.6 is 0 Å². The van der Waals surface area contributed by atoms with Crippen LogP contribution in [0.3, 0.4) is 0 Å². The van der Waals surface area contributed by atoms with Gasteiger partial charge in [0.15, 0.2) is 11.5 Å². The van der Waals surface area contributed by atoms with Crippen LogP contribution in [0.2, 0.25) is 0 Å². The van der Waals surface area contributed by atoms with E-state index in [-0.39, 0.29) is 25.6 Å². The zero-order chi connectivity index (χ0) is 25.7. The van der Waals surface area contributed by atoms with E-state index < -0.39 is 18.2 Å². The lowest BCUT2D eigenvalue weighted by Gasteiger charge is -2.21. The summed E-state index contributed by atoms with van der Waals surface area (Å²) in [6.45, 7) is 3.93. The van der Waals surface area contributed by atoms with Crippen LogP contribution in [0.4, 0.5) is 0 Å². The van der Waals surface area contributed by atoms with Crippen molar-refractivity contribution in [1.29, 1.82) is 0 Å². The number of carbonyl (C=O) groups excluding carboxylic acids is 1. The van der Waals surface area contributed by atoms with Crippen LogP contribution in [0.5, 0.6) is 0 Å². The van der Waals surface area contributed by atoms with Gasteiger partial charge in [0.05, 0.1) is 26.4 Å². The number of ketones is 1. The van der Waals surface area contributed by atoms with Gasteiger partial charge in [-0.15, -0.1) is 0 Å². The molecule has 190 valence electrons. The maximum atomic E-state index is 11.0. The smallest absolute Gasteiger partial charge is 0.252 e. The minimum atomic E-state index is -1.11. The number of Topliss-reactive ketones (excluding diaryl/α,β-unsaturated/α-hetero) is 1. The third kappa shape index (κ3) is 7.22. The molecule has 0 spiro atoms. The van der Waals surface area contributed by atoms with Crippen molar-refractivity contribution < 1.29 is 43.5 Å². The third-order valence-corrected chi connectivity index (χ3v) is 4.71. The zero-order valence-electron chi connectivity index (χ0n) is 19.8. The largest absolute Gasteiger partial charge is 0.455 e. The van der Waals surface area contributed by atoms with Crippen molar-refractivity contribution in [3.05, 3.63) is 72.2 Å². The fourth-order valence-corrected chi connectivity index (χ4v) is 3.13. The predicted molar refractivity (Wildman–Crippen MR) is 130 cm³/mol. The SMILES string of the molecule is CC.O=C(CO)c1cc2ccccc2o1.OCC1(c2cc3ccccc3o2)OCCO1.OCCO. The van der Waals surface area contributed by atoms with E-state index in [1.54, 1.807) is 12.1 Å². The number of aliphatic hydroxyl groups excluding tert-OH is 4. The van der Waals surface area contributed by atoms with E-state index in [0.717, 1.165) is 16.4 Å². The second-order valence-corrected chi connectivity index (χ2v) is 6.93. The number of aliphatic hydroxyl groups is 4. The minimum Gasteiger partial charge on any atom is -0.455 e. The fraction of sp³-hybridized carbons (Fsp3) is 0.346. The lowest BCUT2D eigenvalue weighted by molar-refractivity contribution is -0.202. The summed E-state index contributed by atoms with van der Waals surface area (Å²) in [6, 6.07) is 18.5. The zero-order valence-corrected chi connectivity index (χ0v) is 19.8. The summed E-state index contributed by atoms with van der Waals surface area (Å²) >= 11 is 0. The van der Waals surface area contributed by atoms with E-state index in [1.165, 1.54) is 0 Å². The van der Waals surface area contributed by atoms with Crippen LogP contribution in [-0.2, 0) is 15.3 Å². The highest BCUT2D eigenvalue weighted by molar-refractivity contribution is 5.98. The molecule has 1 fully saturated rings. The molecule has 1 aliphatic heterocycles. The standard InChI is InChI=1S/C12H12O4.C10H8O3.C2H6O2.C2H6/c13-8-12(14-5-6-15-12)11-7-9-3-1-2-4-10(9)16-11;11-6-8(12)10-5-7-3-1-2-4-9(7)13-10;3-1-2-4;1-2/h1-4,7,13H,5-6,8H2;1-5,11H,6H2;3-4H,1-2H2;1-2H3. The van der Waals surface area contributed by atoms with Crippen molar-refractivity contribution in [2.24, 2.45) is 0 Å². The van der Waals surface area contributed by atoms with Crippen LogP contribution in [0.15, 0.2) is 69.5 Å². The Bertz CT molecular complexity index is 1090. The number of carbonyl (C=O) groups is 1. The summed E-state index contributed by atoms with van der Waals surface area (Å²) in [6.07, 6.45) is 0. The van der Waals surface area contributed by atoms with Gasteiger partial charge in [-0.3, -0.25) is 4.79 Å². The number of ether oxygens (including phenoxy) is 2. The van der Waals surface area contributed by atoms with E-state index in [9.17, 15) is 9.90 Å². The summed E-state index contributed by atoms with van der Waals surface area (Å²) in [5, 5.41) is 35.1. The first-order valence-corrected chi connectivity index (χ1v) is 11.3. The Balaban J connectivity index is 0.000000205. The molecule has 35 heavy (non-hydrogen) atoms. The van der Waals surface area contributed by atoms with Crippen LogP contribution in [-0.4, -0.2) is 65.9 Å². The maximum absolute atomic E-state index is 11.0. The molecule has 4 aromatic rings. The van der Waals surface area contributed by atoms with E-state index in [4.69, 9.17) is 33.6 Å². The van der Waals surface area contributed by atoms with Gasteiger partial charge in [0.1, 0.15) is 24.4 Å². The molecule has 9 nitrogen and oxygen atoms in total. The Morgan fingerprint density at radius 3 is 1.77 bits per heavy atom. The van der Waals surface area contributed by atoms with Gasteiger partial charge < -0.3 is 38.7 Å². The van der Waals surface area contributed by atoms with Crippen molar-refractivity contribution >= 4 is 27.7 Å². The summed E-state index contributed by atoms with van der Waals surface area (Å²) in [7, 11) is 0. The van der Waals surface area contributed by atoms with E-state index in [1.807, 2.05) is 62.4 Å². The third-order valence-electron chi connectivity index (χ3n) is 4.71. The van der Waals surface area contributed by atoms with Gasteiger partial charge in [-0.25, -0.2) is 0 Å². The Morgan fingerprint density at radius 1 is 0.800 bits per heavy atom. The van der Waals surface area contributed by atoms with Gasteiger partial charge in [0.2, 0.25) is 5.78 Å². The second-order valence-electron chi connectivity index (χ2n) is 6.93. The van der Waals surface area contributed by atoms with E-state index in [0.29, 0.717) is 24.6 Å². The monoisotopic (exact) mass is 488 g/mol. The van der Waals surface area contributed by atoms with Gasteiger partial charge in [-0.05, 0) is 24.3 Å². The number of benzene rings is 2. The van der Waals surface area contributed by atoms with Crippen molar-refractivity contribution in [2.45, 2.75) is 19.6 Å². The number of hydrogen-bond acceptors (Lipinski definition) is 9. The molecule has 0 atom stereocenters. The fourth-order valence-electron chi connectivity index (χ4n) is 3.13. The number of rotatable bonds is 5. The molecule has 4 N–H and O–H groups in total. The molecule has 5 rings (SSSR count). The molecule has 0 bridgehead atoms. The first kappa shape index (κ1) is 28.2. The molecular formula is C26H32O9. The van der Waals surface area contributed by atoms with Crippen LogP contribution in [0, 0.1) is 0 Å².